The topological polar surface area (TPSA) is 50.7 Å². The molecule has 1 saturated carbocycles. The second kappa shape index (κ2) is 8.01. The first-order valence-electron chi connectivity index (χ1n) is 6.29. The van der Waals surface area contributed by atoms with Gasteiger partial charge in [-0.1, -0.05) is 0 Å². The molecule has 96 valence electrons. The first-order chi connectivity index (χ1) is 7.72. The number of aliphatic hydroxyl groups excluding tert-OH is 1. The Morgan fingerprint density at radius 1 is 1.31 bits per heavy atom. The molecule has 1 rings (SSSR count). The molecule has 4 nitrogen and oxygen atoms in total. The number of aliphatic hydroxyl groups is 1. The van der Waals surface area contributed by atoms with E-state index >= 15 is 0 Å². The summed E-state index contributed by atoms with van der Waals surface area (Å²) in [5.74, 6) is 0.761. The number of ether oxygens (including phenoxy) is 2. The lowest BCUT2D eigenvalue weighted by atomic mass is 10.3. The van der Waals surface area contributed by atoms with Crippen molar-refractivity contribution >= 4 is 0 Å². The summed E-state index contributed by atoms with van der Waals surface area (Å²) in [6.45, 7) is 7.27. The maximum absolute atomic E-state index is 9.63. The lowest BCUT2D eigenvalue weighted by Gasteiger charge is -2.17. The molecule has 0 aromatic carbocycles. The Labute approximate surface area is 98.3 Å². The van der Waals surface area contributed by atoms with Crippen LogP contribution in [0.4, 0.5) is 0 Å². The molecule has 0 heterocycles. The number of hydrogen-bond acceptors (Lipinski definition) is 4. The molecule has 4 heteroatoms. The van der Waals surface area contributed by atoms with E-state index in [9.17, 15) is 5.11 Å². The lowest BCUT2D eigenvalue weighted by Crippen LogP contribution is -2.38. The van der Waals surface area contributed by atoms with E-state index in [4.69, 9.17) is 9.47 Å². The van der Waals surface area contributed by atoms with Crippen molar-refractivity contribution in [2.75, 3.05) is 33.0 Å². The van der Waals surface area contributed by atoms with Crippen LogP contribution in [0.15, 0.2) is 0 Å². The van der Waals surface area contributed by atoms with Crippen molar-refractivity contribution in [1.82, 2.24) is 5.32 Å². The van der Waals surface area contributed by atoms with E-state index in [0.717, 1.165) is 19.1 Å². The smallest absolute Gasteiger partial charge is 0.0897 e. The van der Waals surface area contributed by atoms with Crippen molar-refractivity contribution in [3.8, 4) is 0 Å². The van der Waals surface area contributed by atoms with Crippen molar-refractivity contribution in [1.29, 1.82) is 0 Å². The molecule has 1 aliphatic carbocycles. The van der Waals surface area contributed by atoms with Gasteiger partial charge in [0, 0.05) is 25.8 Å². The van der Waals surface area contributed by atoms with Gasteiger partial charge < -0.3 is 19.9 Å². The number of nitrogens with one attached hydrogen (secondary N) is 1. The van der Waals surface area contributed by atoms with Gasteiger partial charge in [0.2, 0.25) is 0 Å². The minimum atomic E-state index is -0.414. The van der Waals surface area contributed by atoms with Crippen molar-refractivity contribution in [3.05, 3.63) is 0 Å². The molecule has 0 spiro atoms. The van der Waals surface area contributed by atoms with Gasteiger partial charge in [-0.25, -0.2) is 0 Å². The molecule has 2 atom stereocenters. The predicted octanol–water partition coefficient (Wildman–Crippen LogP) is 0.788. The Morgan fingerprint density at radius 3 is 2.69 bits per heavy atom. The van der Waals surface area contributed by atoms with Crippen LogP contribution in [0.5, 0.6) is 0 Å². The first-order valence-corrected chi connectivity index (χ1v) is 6.29. The SMILES string of the molecule is CCOCC(C)NCC(O)COCC1CC1. The van der Waals surface area contributed by atoms with E-state index < -0.39 is 6.10 Å². The molecule has 0 radical (unpaired) electrons. The van der Waals surface area contributed by atoms with E-state index in [2.05, 4.69) is 5.32 Å². The quantitative estimate of drug-likeness (QED) is 0.583. The van der Waals surface area contributed by atoms with E-state index in [1.807, 2.05) is 13.8 Å². The van der Waals surface area contributed by atoms with Crippen molar-refractivity contribution in [2.45, 2.75) is 38.8 Å². The summed E-state index contributed by atoms with van der Waals surface area (Å²) in [6.07, 6.45) is 2.17. The molecule has 0 saturated heterocycles. The molecule has 1 aliphatic rings. The maximum Gasteiger partial charge on any atom is 0.0897 e. The fraction of sp³-hybridized carbons (Fsp3) is 1.00. The van der Waals surface area contributed by atoms with E-state index in [-0.39, 0.29) is 6.04 Å². The molecule has 0 amide bonds. The van der Waals surface area contributed by atoms with Crippen molar-refractivity contribution in [3.63, 3.8) is 0 Å². The summed E-state index contributed by atoms with van der Waals surface area (Å²) in [7, 11) is 0. The highest BCUT2D eigenvalue weighted by molar-refractivity contribution is 4.72. The van der Waals surface area contributed by atoms with Gasteiger partial charge in [0.25, 0.3) is 0 Å². The third kappa shape index (κ3) is 7.17. The minimum Gasteiger partial charge on any atom is -0.389 e. The van der Waals surface area contributed by atoms with Crippen molar-refractivity contribution in [2.24, 2.45) is 5.92 Å². The van der Waals surface area contributed by atoms with E-state index in [1.54, 1.807) is 0 Å². The van der Waals surface area contributed by atoms with Crippen LogP contribution in [0.25, 0.3) is 0 Å². The Bertz CT molecular complexity index is 174. The third-order valence-electron chi connectivity index (χ3n) is 2.63. The molecule has 0 bridgehead atoms. The number of hydrogen-bond donors (Lipinski definition) is 2. The maximum atomic E-state index is 9.63. The van der Waals surface area contributed by atoms with Gasteiger partial charge in [-0.05, 0) is 32.6 Å². The Morgan fingerprint density at radius 2 is 2.06 bits per heavy atom. The average molecular weight is 231 g/mol. The van der Waals surface area contributed by atoms with Crippen LogP contribution in [-0.4, -0.2) is 50.2 Å². The van der Waals surface area contributed by atoms with Gasteiger partial charge in [-0.15, -0.1) is 0 Å². The second-order valence-electron chi connectivity index (χ2n) is 4.60. The zero-order chi connectivity index (χ0) is 11.8. The van der Waals surface area contributed by atoms with Crippen LogP contribution >= 0.6 is 0 Å². The third-order valence-corrected chi connectivity index (χ3v) is 2.63. The zero-order valence-corrected chi connectivity index (χ0v) is 10.4. The summed E-state index contributed by atoms with van der Waals surface area (Å²) in [5.41, 5.74) is 0. The summed E-state index contributed by atoms with van der Waals surface area (Å²) in [6, 6.07) is 0.276. The van der Waals surface area contributed by atoms with Gasteiger partial charge in [-0.3, -0.25) is 0 Å². The monoisotopic (exact) mass is 231 g/mol. The van der Waals surface area contributed by atoms with Gasteiger partial charge in [-0.2, -0.15) is 0 Å². The van der Waals surface area contributed by atoms with Crippen LogP contribution in [0.2, 0.25) is 0 Å². The Balaban J connectivity index is 1.89. The summed E-state index contributed by atoms with van der Waals surface area (Å²) in [5, 5.41) is 12.8. The molecule has 0 aromatic rings. The molecule has 1 fully saturated rings. The van der Waals surface area contributed by atoms with Crippen molar-refractivity contribution < 1.29 is 14.6 Å². The molecular weight excluding hydrogens is 206 g/mol. The summed E-state index contributed by atoms with van der Waals surface area (Å²) >= 11 is 0. The zero-order valence-electron chi connectivity index (χ0n) is 10.4. The van der Waals surface area contributed by atoms with Crippen LogP contribution in [0.3, 0.4) is 0 Å². The molecule has 2 unspecified atom stereocenters. The highest BCUT2D eigenvalue weighted by Gasteiger charge is 2.21. The standard InChI is InChI=1S/C12H25NO3/c1-3-15-7-10(2)13-6-12(14)9-16-8-11-4-5-11/h10-14H,3-9H2,1-2H3. The molecule has 0 aromatic heterocycles. The molecular formula is C12H25NO3. The van der Waals surface area contributed by atoms with Crippen LogP contribution in [0.1, 0.15) is 26.7 Å². The fourth-order valence-corrected chi connectivity index (χ4v) is 1.40. The highest BCUT2D eigenvalue weighted by Crippen LogP contribution is 2.28. The van der Waals surface area contributed by atoms with E-state index in [1.165, 1.54) is 12.8 Å². The summed E-state index contributed by atoms with van der Waals surface area (Å²) < 4.78 is 10.7. The van der Waals surface area contributed by atoms with Gasteiger partial charge in [0.1, 0.15) is 0 Å². The first kappa shape index (κ1) is 13.9. The fourth-order valence-electron chi connectivity index (χ4n) is 1.40. The summed E-state index contributed by atoms with van der Waals surface area (Å²) in [4.78, 5) is 0. The van der Waals surface area contributed by atoms with Crippen LogP contribution in [0, 0.1) is 5.92 Å². The van der Waals surface area contributed by atoms with Crippen LogP contribution < -0.4 is 5.32 Å². The highest BCUT2D eigenvalue weighted by atomic mass is 16.5. The van der Waals surface area contributed by atoms with E-state index in [0.29, 0.717) is 19.8 Å². The average Bonchev–Trinajstić information content (AvgIpc) is 3.07. The number of rotatable bonds is 10. The normalized spacial score (nSPS) is 19.7. The predicted molar refractivity (Wildman–Crippen MR) is 63.5 cm³/mol. The molecule has 16 heavy (non-hydrogen) atoms. The molecule has 0 aliphatic heterocycles. The Hall–Kier alpha value is -0.160. The van der Waals surface area contributed by atoms with Gasteiger partial charge in [0.15, 0.2) is 0 Å². The largest absolute Gasteiger partial charge is 0.389 e. The van der Waals surface area contributed by atoms with Gasteiger partial charge >= 0.3 is 0 Å². The Kier molecular flexibility index (Phi) is 6.96. The lowest BCUT2D eigenvalue weighted by molar-refractivity contribution is 0.0292. The second-order valence-corrected chi connectivity index (χ2v) is 4.60. The minimum absolute atomic E-state index is 0.276. The van der Waals surface area contributed by atoms with Crippen LogP contribution in [-0.2, 0) is 9.47 Å². The van der Waals surface area contributed by atoms with Gasteiger partial charge in [0.05, 0.1) is 19.3 Å². The molecule has 2 N–H and O–H groups in total.